The lowest BCUT2D eigenvalue weighted by Crippen LogP contribution is -2.27. The van der Waals surface area contributed by atoms with E-state index in [-0.39, 0.29) is 17.9 Å². The average molecular weight is 397 g/mol. The molecule has 1 heterocycles. The highest BCUT2D eigenvalue weighted by molar-refractivity contribution is 6.37. The molecule has 0 aliphatic carbocycles. The minimum absolute atomic E-state index is 0.00768. The van der Waals surface area contributed by atoms with E-state index >= 15 is 0 Å². The van der Waals surface area contributed by atoms with Crippen LogP contribution < -0.4 is 5.62 Å². The van der Waals surface area contributed by atoms with Crippen LogP contribution in [0, 0.1) is 5.41 Å². The van der Waals surface area contributed by atoms with Crippen molar-refractivity contribution >= 4 is 51.6 Å². The zero-order valence-electron chi connectivity index (χ0n) is 13.5. The normalized spacial score (nSPS) is 11.2. The molecule has 1 aromatic heterocycles. The van der Waals surface area contributed by atoms with Crippen molar-refractivity contribution < 1.29 is 4.79 Å². The quantitative estimate of drug-likeness (QED) is 0.594. The van der Waals surface area contributed by atoms with Crippen molar-refractivity contribution in [2.45, 2.75) is 26.4 Å². The molecule has 0 unspecified atom stereocenters. The summed E-state index contributed by atoms with van der Waals surface area (Å²) >= 11 is 18.4. The monoisotopic (exact) mass is 395 g/mol. The van der Waals surface area contributed by atoms with E-state index in [0.717, 1.165) is 17.5 Å². The number of rotatable bonds is 5. The maximum atomic E-state index is 12.7. The van der Waals surface area contributed by atoms with Gasteiger partial charge in [0.1, 0.15) is 0 Å². The molecule has 3 aromatic rings. The Morgan fingerprint density at radius 2 is 1.84 bits per heavy atom. The molecule has 0 atom stereocenters. The molecule has 0 aliphatic rings. The minimum atomic E-state index is -0.185. The van der Waals surface area contributed by atoms with Gasteiger partial charge in [-0.2, -0.15) is 0 Å². The topological polar surface area (TPSA) is 50.8 Å². The van der Waals surface area contributed by atoms with Crippen LogP contribution in [-0.4, -0.2) is 14.9 Å². The van der Waals surface area contributed by atoms with E-state index in [1.165, 1.54) is 0 Å². The molecular formula is C18H16Cl3N3O. The summed E-state index contributed by atoms with van der Waals surface area (Å²) in [6.07, 6.45) is 0.859. The van der Waals surface area contributed by atoms with E-state index in [0.29, 0.717) is 27.2 Å². The van der Waals surface area contributed by atoms with E-state index in [4.69, 9.17) is 40.2 Å². The number of ketones is 1. The maximum absolute atomic E-state index is 12.7. The van der Waals surface area contributed by atoms with Gasteiger partial charge >= 0.3 is 0 Å². The first-order chi connectivity index (χ1) is 11.9. The molecule has 0 bridgehead atoms. The Morgan fingerprint density at radius 1 is 1.08 bits per heavy atom. The molecule has 0 amide bonds. The SMILES string of the molecule is CCCn1c(=N)n(CC(=O)c2ccc(Cl)cc2Cl)c2cccc(Cl)c21. The van der Waals surface area contributed by atoms with Gasteiger partial charge < -0.3 is 9.13 Å². The summed E-state index contributed by atoms with van der Waals surface area (Å²) < 4.78 is 3.48. The van der Waals surface area contributed by atoms with Crippen molar-refractivity contribution in [3.05, 3.63) is 62.6 Å². The summed E-state index contributed by atoms with van der Waals surface area (Å²) in [7, 11) is 0. The largest absolute Gasteiger partial charge is 0.309 e. The first-order valence-electron chi connectivity index (χ1n) is 7.84. The molecule has 0 fully saturated rings. The number of nitrogens with one attached hydrogen (secondary N) is 1. The second-order valence-corrected chi connectivity index (χ2v) is 6.97. The van der Waals surface area contributed by atoms with Crippen LogP contribution in [0.1, 0.15) is 23.7 Å². The van der Waals surface area contributed by atoms with Gasteiger partial charge in [-0.05, 0) is 36.8 Å². The summed E-state index contributed by atoms with van der Waals surface area (Å²) in [6.45, 7) is 2.70. The minimum Gasteiger partial charge on any atom is -0.309 e. The van der Waals surface area contributed by atoms with Crippen molar-refractivity contribution in [3.63, 3.8) is 0 Å². The van der Waals surface area contributed by atoms with Crippen LogP contribution >= 0.6 is 34.8 Å². The molecule has 3 rings (SSSR count). The van der Waals surface area contributed by atoms with Crippen LogP contribution in [0.5, 0.6) is 0 Å². The van der Waals surface area contributed by atoms with Gasteiger partial charge in [-0.3, -0.25) is 10.2 Å². The van der Waals surface area contributed by atoms with Crippen LogP contribution in [0.25, 0.3) is 11.0 Å². The fourth-order valence-electron chi connectivity index (χ4n) is 2.90. The van der Waals surface area contributed by atoms with Gasteiger partial charge in [-0.1, -0.05) is 47.8 Å². The Hall–Kier alpha value is -1.75. The number of benzene rings is 2. The lowest BCUT2D eigenvalue weighted by atomic mass is 10.1. The molecule has 0 saturated heterocycles. The predicted molar refractivity (Wildman–Crippen MR) is 102 cm³/mol. The van der Waals surface area contributed by atoms with Crippen LogP contribution in [-0.2, 0) is 13.1 Å². The zero-order chi connectivity index (χ0) is 18.1. The molecule has 0 spiro atoms. The number of hydrogen-bond acceptors (Lipinski definition) is 2. The zero-order valence-corrected chi connectivity index (χ0v) is 15.8. The Balaban J connectivity index is 2.10. The van der Waals surface area contributed by atoms with Gasteiger partial charge in [0.25, 0.3) is 0 Å². The summed E-state index contributed by atoms with van der Waals surface area (Å²) in [5, 5.41) is 9.82. The van der Waals surface area contributed by atoms with Gasteiger partial charge in [0.2, 0.25) is 5.62 Å². The lowest BCUT2D eigenvalue weighted by Gasteiger charge is -2.06. The number of imidazole rings is 1. The maximum Gasteiger partial charge on any atom is 0.203 e. The van der Waals surface area contributed by atoms with Gasteiger partial charge in [-0.15, -0.1) is 0 Å². The number of aromatic nitrogens is 2. The number of Topliss-reactive ketones (excluding diaryl/α,β-unsaturated/α-hetero) is 1. The Morgan fingerprint density at radius 3 is 2.52 bits per heavy atom. The van der Waals surface area contributed by atoms with Crippen LogP contribution in [0.2, 0.25) is 15.1 Å². The summed E-state index contributed by atoms with van der Waals surface area (Å²) in [5.41, 5.74) is 2.15. The smallest absolute Gasteiger partial charge is 0.203 e. The number of fused-ring (bicyclic) bond motifs is 1. The number of carbonyl (C=O) groups excluding carboxylic acids is 1. The number of aryl methyl sites for hydroxylation is 1. The average Bonchev–Trinajstić information content (AvgIpc) is 2.82. The third-order valence-corrected chi connectivity index (χ3v) is 4.87. The molecule has 25 heavy (non-hydrogen) atoms. The molecule has 7 heteroatoms. The Kier molecular flexibility index (Phi) is 5.23. The molecule has 4 nitrogen and oxygen atoms in total. The molecule has 0 saturated carbocycles. The standard InChI is InChI=1S/C18H16Cl3N3O/c1-2-8-23-17-13(20)4-3-5-15(17)24(18(23)22)10-16(25)12-7-6-11(19)9-14(12)21/h3-7,9,22H,2,8,10H2,1H3. The summed E-state index contributed by atoms with van der Waals surface area (Å²) in [4.78, 5) is 12.7. The van der Waals surface area contributed by atoms with Gasteiger partial charge in [-0.25, -0.2) is 0 Å². The van der Waals surface area contributed by atoms with Gasteiger partial charge in [0.05, 0.1) is 27.6 Å². The van der Waals surface area contributed by atoms with Crippen molar-refractivity contribution in [2.24, 2.45) is 0 Å². The Labute approximate surface area is 160 Å². The highest BCUT2D eigenvalue weighted by Gasteiger charge is 2.17. The van der Waals surface area contributed by atoms with Crippen LogP contribution in [0.3, 0.4) is 0 Å². The third kappa shape index (κ3) is 3.34. The fourth-order valence-corrected chi connectivity index (χ4v) is 3.69. The van der Waals surface area contributed by atoms with E-state index in [1.54, 1.807) is 28.8 Å². The van der Waals surface area contributed by atoms with E-state index in [1.807, 2.05) is 23.6 Å². The number of hydrogen-bond donors (Lipinski definition) is 1. The van der Waals surface area contributed by atoms with Crippen molar-refractivity contribution in [1.29, 1.82) is 5.41 Å². The first kappa shape index (κ1) is 18.1. The lowest BCUT2D eigenvalue weighted by molar-refractivity contribution is 0.0971. The molecular weight excluding hydrogens is 381 g/mol. The second kappa shape index (κ2) is 7.24. The molecule has 130 valence electrons. The van der Waals surface area contributed by atoms with E-state index in [9.17, 15) is 4.79 Å². The van der Waals surface area contributed by atoms with E-state index in [2.05, 4.69) is 0 Å². The molecule has 2 aromatic carbocycles. The molecule has 1 N–H and O–H groups in total. The number of nitrogens with zero attached hydrogens (tertiary/aromatic N) is 2. The number of halogens is 3. The molecule has 0 radical (unpaired) electrons. The highest BCUT2D eigenvalue weighted by atomic mass is 35.5. The van der Waals surface area contributed by atoms with Crippen molar-refractivity contribution in [3.8, 4) is 0 Å². The third-order valence-electron chi connectivity index (χ3n) is 4.02. The van der Waals surface area contributed by atoms with Gasteiger partial charge in [0.15, 0.2) is 5.78 Å². The van der Waals surface area contributed by atoms with Crippen LogP contribution in [0.15, 0.2) is 36.4 Å². The molecule has 0 aliphatic heterocycles. The summed E-state index contributed by atoms with van der Waals surface area (Å²) in [6, 6.07) is 10.2. The van der Waals surface area contributed by atoms with Crippen LogP contribution in [0.4, 0.5) is 0 Å². The summed E-state index contributed by atoms with van der Waals surface area (Å²) in [5.74, 6) is -0.185. The highest BCUT2D eigenvalue weighted by Crippen LogP contribution is 2.25. The number of para-hydroxylation sites is 1. The van der Waals surface area contributed by atoms with Crippen molar-refractivity contribution in [2.75, 3.05) is 0 Å². The Bertz CT molecular complexity index is 1020. The van der Waals surface area contributed by atoms with Gasteiger partial charge in [0, 0.05) is 17.1 Å². The fraction of sp³-hybridized carbons (Fsp3) is 0.222. The van der Waals surface area contributed by atoms with Crippen molar-refractivity contribution in [1.82, 2.24) is 9.13 Å². The van der Waals surface area contributed by atoms with E-state index < -0.39 is 0 Å². The predicted octanol–water partition coefficient (Wildman–Crippen LogP) is 5.18. The first-order valence-corrected chi connectivity index (χ1v) is 8.97. The second-order valence-electron chi connectivity index (χ2n) is 5.72. The number of carbonyl (C=O) groups is 1.